The highest BCUT2D eigenvalue weighted by atomic mass is 32.1. The van der Waals surface area contributed by atoms with E-state index in [9.17, 15) is 4.79 Å². The van der Waals surface area contributed by atoms with Gasteiger partial charge in [0.05, 0.1) is 13.2 Å². The quantitative estimate of drug-likeness (QED) is 0.743. The summed E-state index contributed by atoms with van der Waals surface area (Å²) in [6.45, 7) is 1.80. The van der Waals surface area contributed by atoms with Crippen LogP contribution in [-0.4, -0.2) is 42.3 Å². The zero-order valence-corrected chi connectivity index (χ0v) is 10.2. The summed E-state index contributed by atoms with van der Waals surface area (Å²) in [6.07, 6.45) is -0.459. The molecule has 1 aromatic rings. The Bertz CT molecular complexity index is 368. The van der Waals surface area contributed by atoms with E-state index in [2.05, 4.69) is 4.74 Å². The molecule has 2 N–H and O–H groups in total. The van der Waals surface area contributed by atoms with Gasteiger partial charge in [-0.25, -0.2) is 4.79 Å². The normalized spacial score (nSPS) is 12.1. The SMILES string of the molecule is COC(=O)N(C)C(C)c1sccc1B(O)O. The van der Waals surface area contributed by atoms with Crippen molar-refractivity contribution in [2.45, 2.75) is 13.0 Å². The zero-order valence-electron chi connectivity index (χ0n) is 9.38. The first-order valence-electron chi connectivity index (χ1n) is 4.73. The maximum atomic E-state index is 11.3. The van der Waals surface area contributed by atoms with Gasteiger partial charge in [-0.2, -0.15) is 0 Å². The largest absolute Gasteiger partial charge is 0.489 e. The number of hydrogen-bond donors (Lipinski definition) is 2. The molecule has 1 unspecified atom stereocenters. The average molecular weight is 243 g/mol. The molecule has 0 spiro atoms. The number of thiophene rings is 1. The van der Waals surface area contributed by atoms with Gasteiger partial charge >= 0.3 is 13.2 Å². The zero-order chi connectivity index (χ0) is 12.3. The van der Waals surface area contributed by atoms with Crippen LogP contribution >= 0.6 is 11.3 Å². The molecule has 16 heavy (non-hydrogen) atoms. The van der Waals surface area contributed by atoms with E-state index in [4.69, 9.17) is 10.0 Å². The third-order valence-electron chi connectivity index (χ3n) is 2.43. The van der Waals surface area contributed by atoms with Crippen molar-refractivity contribution in [2.24, 2.45) is 0 Å². The second-order valence-corrected chi connectivity index (χ2v) is 4.32. The fourth-order valence-electron chi connectivity index (χ4n) is 1.36. The van der Waals surface area contributed by atoms with Crippen molar-refractivity contribution in [3.8, 4) is 0 Å². The third kappa shape index (κ3) is 2.55. The first-order valence-corrected chi connectivity index (χ1v) is 5.61. The standard InChI is InChI=1S/C9H14BNO4S/c1-6(11(2)9(12)15-3)8-7(10(13)14)4-5-16-8/h4-6,13-14H,1-3H3. The molecule has 0 aliphatic carbocycles. The minimum atomic E-state index is -1.52. The number of methoxy groups -OCH3 is 1. The van der Waals surface area contributed by atoms with Crippen LogP contribution < -0.4 is 5.46 Å². The second-order valence-electron chi connectivity index (χ2n) is 3.37. The Balaban J connectivity index is 2.91. The van der Waals surface area contributed by atoms with Crippen LogP contribution in [0.5, 0.6) is 0 Å². The Labute approximate surface area is 98.4 Å². The molecule has 0 radical (unpaired) electrons. The summed E-state index contributed by atoms with van der Waals surface area (Å²) in [4.78, 5) is 13.5. The van der Waals surface area contributed by atoms with Crippen LogP contribution in [0.25, 0.3) is 0 Å². The van der Waals surface area contributed by atoms with Crippen molar-refractivity contribution >= 4 is 30.0 Å². The summed E-state index contributed by atoms with van der Waals surface area (Å²) < 4.78 is 4.60. The lowest BCUT2D eigenvalue weighted by Gasteiger charge is -2.23. The van der Waals surface area contributed by atoms with Crippen molar-refractivity contribution in [3.63, 3.8) is 0 Å². The molecule has 1 rings (SSSR count). The maximum Gasteiger partial charge on any atom is 0.489 e. The molecular formula is C9H14BNO4S. The minimum Gasteiger partial charge on any atom is -0.453 e. The summed E-state index contributed by atoms with van der Waals surface area (Å²) in [7, 11) is 1.39. The lowest BCUT2D eigenvalue weighted by molar-refractivity contribution is 0.121. The molecular weight excluding hydrogens is 229 g/mol. The van der Waals surface area contributed by atoms with Crippen LogP contribution in [-0.2, 0) is 4.74 Å². The van der Waals surface area contributed by atoms with E-state index in [0.717, 1.165) is 4.88 Å². The number of nitrogens with zero attached hydrogens (tertiary/aromatic N) is 1. The minimum absolute atomic E-state index is 0.260. The van der Waals surface area contributed by atoms with Crippen molar-refractivity contribution in [1.29, 1.82) is 0 Å². The fraction of sp³-hybridized carbons (Fsp3) is 0.444. The number of carbonyl (C=O) groups is 1. The number of amides is 1. The van der Waals surface area contributed by atoms with Crippen LogP contribution in [0.15, 0.2) is 11.4 Å². The van der Waals surface area contributed by atoms with E-state index in [0.29, 0.717) is 5.46 Å². The second kappa shape index (κ2) is 5.33. The topological polar surface area (TPSA) is 70.0 Å². The van der Waals surface area contributed by atoms with Gasteiger partial charge in [0, 0.05) is 11.9 Å². The Morgan fingerprint density at radius 2 is 2.25 bits per heavy atom. The van der Waals surface area contributed by atoms with Gasteiger partial charge in [0.2, 0.25) is 0 Å². The van der Waals surface area contributed by atoms with E-state index < -0.39 is 13.2 Å². The average Bonchev–Trinajstić information content (AvgIpc) is 2.74. The van der Waals surface area contributed by atoms with E-state index in [-0.39, 0.29) is 6.04 Å². The smallest absolute Gasteiger partial charge is 0.453 e. The molecule has 0 bridgehead atoms. The summed E-state index contributed by atoms with van der Waals surface area (Å²) in [5, 5.41) is 20.1. The number of hydrogen-bond acceptors (Lipinski definition) is 5. The number of rotatable bonds is 3. The van der Waals surface area contributed by atoms with E-state index in [1.165, 1.54) is 23.3 Å². The van der Waals surface area contributed by atoms with Gasteiger partial charge in [-0.1, -0.05) is 6.07 Å². The first kappa shape index (κ1) is 13.0. The van der Waals surface area contributed by atoms with Crippen LogP contribution in [0.1, 0.15) is 17.8 Å². The van der Waals surface area contributed by atoms with Crippen LogP contribution in [0.2, 0.25) is 0 Å². The van der Waals surface area contributed by atoms with Crippen molar-refractivity contribution in [2.75, 3.05) is 14.2 Å². The van der Waals surface area contributed by atoms with Crippen molar-refractivity contribution < 1.29 is 19.6 Å². The summed E-state index contributed by atoms with van der Waals surface area (Å²) in [5.74, 6) is 0. The van der Waals surface area contributed by atoms with Crippen LogP contribution in [0.3, 0.4) is 0 Å². The predicted octanol–water partition coefficient (Wildman–Crippen LogP) is 0.187. The molecule has 88 valence electrons. The van der Waals surface area contributed by atoms with Gasteiger partial charge in [-0.3, -0.25) is 0 Å². The molecule has 0 aliphatic rings. The Kier molecular flexibility index (Phi) is 4.34. The molecule has 7 heteroatoms. The number of ether oxygens (including phenoxy) is 1. The molecule has 0 fully saturated rings. The van der Waals surface area contributed by atoms with Gasteiger partial charge < -0.3 is 19.7 Å². The lowest BCUT2D eigenvalue weighted by atomic mass is 9.79. The van der Waals surface area contributed by atoms with E-state index >= 15 is 0 Å². The Morgan fingerprint density at radius 3 is 2.75 bits per heavy atom. The van der Waals surface area contributed by atoms with Crippen molar-refractivity contribution in [1.82, 2.24) is 4.90 Å². The van der Waals surface area contributed by atoms with Crippen LogP contribution in [0.4, 0.5) is 4.79 Å². The highest BCUT2D eigenvalue weighted by molar-refractivity contribution is 7.11. The lowest BCUT2D eigenvalue weighted by Crippen LogP contribution is -2.36. The van der Waals surface area contributed by atoms with E-state index in [1.807, 2.05) is 0 Å². The maximum absolute atomic E-state index is 11.3. The summed E-state index contributed by atoms with van der Waals surface area (Å²) in [5.41, 5.74) is 0.424. The van der Waals surface area contributed by atoms with Crippen molar-refractivity contribution in [3.05, 3.63) is 16.3 Å². The molecule has 1 aromatic heterocycles. The van der Waals surface area contributed by atoms with Crippen LogP contribution in [0, 0.1) is 0 Å². The molecule has 0 saturated heterocycles. The van der Waals surface area contributed by atoms with Gasteiger partial charge in [-0.15, -0.1) is 11.3 Å². The molecule has 0 saturated carbocycles. The van der Waals surface area contributed by atoms with Gasteiger partial charge in [-0.05, 0) is 17.8 Å². The Morgan fingerprint density at radius 1 is 1.62 bits per heavy atom. The summed E-state index contributed by atoms with van der Waals surface area (Å²) >= 11 is 1.37. The van der Waals surface area contributed by atoms with E-state index in [1.54, 1.807) is 25.4 Å². The highest BCUT2D eigenvalue weighted by Crippen LogP contribution is 2.22. The highest BCUT2D eigenvalue weighted by Gasteiger charge is 2.25. The predicted molar refractivity (Wildman–Crippen MR) is 62.7 cm³/mol. The Hall–Kier alpha value is -1.05. The molecule has 0 aromatic carbocycles. The van der Waals surface area contributed by atoms with Gasteiger partial charge in [0.25, 0.3) is 0 Å². The summed E-state index contributed by atoms with van der Waals surface area (Å²) in [6, 6.07) is 1.37. The van der Waals surface area contributed by atoms with Gasteiger partial charge in [0.15, 0.2) is 0 Å². The fourth-order valence-corrected chi connectivity index (χ4v) is 2.39. The monoisotopic (exact) mass is 243 g/mol. The molecule has 1 heterocycles. The third-order valence-corrected chi connectivity index (χ3v) is 3.53. The molecule has 5 nitrogen and oxygen atoms in total. The molecule has 1 amide bonds. The number of carbonyl (C=O) groups excluding carboxylic acids is 1. The first-order chi connectivity index (χ1) is 7.49. The molecule has 0 aliphatic heterocycles. The van der Waals surface area contributed by atoms with Gasteiger partial charge in [0.1, 0.15) is 0 Å². The molecule has 1 atom stereocenters.